The minimum absolute atomic E-state index is 0.0659. The number of hydrogen-bond acceptors (Lipinski definition) is 5. The zero-order chi connectivity index (χ0) is 16.4. The molecule has 0 radical (unpaired) electrons. The Hall–Kier alpha value is -2.60. The molecule has 0 bridgehead atoms. The number of ketones is 1. The molecule has 0 atom stereocenters. The predicted molar refractivity (Wildman–Crippen MR) is 88.0 cm³/mol. The topological polar surface area (TPSA) is 72.8 Å². The first-order valence-electron chi connectivity index (χ1n) is 6.69. The van der Waals surface area contributed by atoms with Crippen molar-refractivity contribution in [2.24, 2.45) is 0 Å². The minimum Gasteiger partial charge on any atom is -0.504 e. The number of carbonyl (C=O) groups excluding carboxylic acids is 1. The van der Waals surface area contributed by atoms with Gasteiger partial charge in [0.2, 0.25) is 12.2 Å². The lowest BCUT2D eigenvalue weighted by Gasteiger charge is -1.98. The van der Waals surface area contributed by atoms with E-state index in [0.717, 1.165) is 5.56 Å². The number of carbonyl (C=O) groups is 1. The van der Waals surface area contributed by atoms with Crippen LogP contribution < -0.4 is 14.9 Å². The third-order valence-corrected chi connectivity index (χ3v) is 3.75. The standard InChI is InChI=1S/C17H11BrO5/c18-11-3-5-14(20)17(21)12(8-11)13(19)4-1-10-2-6-15-16(7-10)23-9-22-15/h1-8H,9H2,(H,20,21)/b4-1+. The van der Waals surface area contributed by atoms with Gasteiger partial charge in [0, 0.05) is 4.47 Å². The van der Waals surface area contributed by atoms with Crippen molar-refractivity contribution in [3.63, 3.8) is 0 Å². The van der Waals surface area contributed by atoms with Crippen molar-refractivity contribution >= 4 is 27.8 Å². The maximum atomic E-state index is 12.3. The second-order valence-electron chi connectivity index (χ2n) is 4.80. The lowest BCUT2D eigenvalue weighted by molar-refractivity contribution is 0.104. The summed E-state index contributed by atoms with van der Waals surface area (Å²) in [6.45, 7) is 0.177. The van der Waals surface area contributed by atoms with Gasteiger partial charge in [0.25, 0.3) is 0 Å². The molecule has 1 N–H and O–H groups in total. The van der Waals surface area contributed by atoms with Crippen LogP contribution in [0.15, 0.2) is 51.7 Å². The summed E-state index contributed by atoms with van der Waals surface area (Å²) in [6, 6.07) is 9.34. The van der Waals surface area contributed by atoms with Crippen molar-refractivity contribution in [3.05, 3.63) is 68.3 Å². The van der Waals surface area contributed by atoms with Crippen LogP contribution in [0.2, 0.25) is 0 Å². The SMILES string of the molecule is O=C(/C=C/c1ccc2c(c1)OCO2)c1cc(Br)ccc(=O)c1O. The van der Waals surface area contributed by atoms with Gasteiger partial charge in [-0.15, -0.1) is 0 Å². The van der Waals surface area contributed by atoms with E-state index in [1.54, 1.807) is 24.3 Å². The molecule has 0 aliphatic carbocycles. The van der Waals surface area contributed by atoms with E-state index in [-0.39, 0.29) is 12.4 Å². The largest absolute Gasteiger partial charge is 0.504 e. The van der Waals surface area contributed by atoms with Crippen LogP contribution in [0.5, 0.6) is 17.2 Å². The molecule has 0 fully saturated rings. The number of ether oxygens (including phenoxy) is 2. The van der Waals surface area contributed by atoms with Crippen LogP contribution >= 0.6 is 15.9 Å². The molecule has 2 aromatic rings. The zero-order valence-electron chi connectivity index (χ0n) is 11.8. The molecule has 0 unspecified atom stereocenters. The van der Waals surface area contributed by atoms with E-state index in [1.807, 2.05) is 0 Å². The van der Waals surface area contributed by atoms with Gasteiger partial charge in [-0.05, 0) is 42.0 Å². The Labute approximate surface area is 139 Å². The molecule has 0 aromatic heterocycles. The summed E-state index contributed by atoms with van der Waals surface area (Å²) >= 11 is 3.20. The fourth-order valence-electron chi connectivity index (χ4n) is 2.09. The first-order valence-corrected chi connectivity index (χ1v) is 7.49. The van der Waals surface area contributed by atoms with E-state index in [9.17, 15) is 14.7 Å². The number of aromatic hydroxyl groups is 1. The van der Waals surface area contributed by atoms with E-state index in [4.69, 9.17) is 9.47 Å². The fourth-order valence-corrected chi connectivity index (χ4v) is 2.45. The Morgan fingerprint density at radius 2 is 1.91 bits per heavy atom. The highest BCUT2D eigenvalue weighted by atomic mass is 79.9. The predicted octanol–water partition coefficient (Wildman–Crippen LogP) is 3.14. The van der Waals surface area contributed by atoms with Gasteiger partial charge in [0.05, 0.1) is 5.56 Å². The number of rotatable bonds is 3. The van der Waals surface area contributed by atoms with Gasteiger partial charge in [-0.1, -0.05) is 28.1 Å². The van der Waals surface area contributed by atoms with Crippen LogP contribution in [-0.2, 0) is 0 Å². The summed E-state index contributed by atoms with van der Waals surface area (Å²) in [7, 11) is 0. The van der Waals surface area contributed by atoms with Crippen molar-refractivity contribution < 1.29 is 19.4 Å². The summed E-state index contributed by atoms with van der Waals surface area (Å²) in [4.78, 5) is 23.9. The molecule has 23 heavy (non-hydrogen) atoms. The van der Waals surface area contributed by atoms with Crippen LogP contribution in [0.1, 0.15) is 15.9 Å². The molecule has 1 aliphatic heterocycles. The molecule has 6 heteroatoms. The Kier molecular flexibility index (Phi) is 4.16. The highest BCUT2D eigenvalue weighted by molar-refractivity contribution is 9.10. The van der Waals surface area contributed by atoms with Gasteiger partial charge in [0.1, 0.15) is 0 Å². The number of hydrogen-bond donors (Lipinski definition) is 1. The van der Waals surface area contributed by atoms with E-state index in [2.05, 4.69) is 15.9 Å². The summed E-state index contributed by atoms with van der Waals surface area (Å²) in [5.74, 6) is 0.212. The number of fused-ring (bicyclic) bond motifs is 1. The van der Waals surface area contributed by atoms with Crippen molar-refractivity contribution in [1.82, 2.24) is 0 Å². The molecule has 0 saturated carbocycles. The smallest absolute Gasteiger partial charge is 0.231 e. The van der Waals surface area contributed by atoms with Gasteiger partial charge in [-0.2, -0.15) is 0 Å². The van der Waals surface area contributed by atoms with E-state index < -0.39 is 17.0 Å². The third kappa shape index (κ3) is 3.27. The fraction of sp³-hybridized carbons (Fsp3) is 0.0588. The van der Waals surface area contributed by atoms with Crippen LogP contribution in [-0.4, -0.2) is 17.7 Å². The van der Waals surface area contributed by atoms with Crippen molar-refractivity contribution in [2.45, 2.75) is 0 Å². The minimum atomic E-state index is -0.615. The third-order valence-electron chi connectivity index (χ3n) is 3.25. The second-order valence-corrected chi connectivity index (χ2v) is 5.72. The quantitative estimate of drug-likeness (QED) is 0.659. The molecule has 5 nitrogen and oxygen atoms in total. The van der Waals surface area contributed by atoms with Crippen molar-refractivity contribution in [1.29, 1.82) is 0 Å². The van der Waals surface area contributed by atoms with Crippen LogP contribution in [0.3, 0.4) is 0 Å². The highest BCUT2D eigenvalue weighted by Crippen LogP contribution is 2.32. The molecular formula is C17H11BrO5. The zero-order valence-corrected chi connectivity index (χ0v) is 13.4. The molecule has 1 aliphatic rings. The van der Waals surface area contributed by atoms with E-state index in [0.29, 0.717) is 16.0 Å². The van der Waals surface area contributed by atoms with Crippen LogP contribution in [0, 0.1) is 0 Å². The first kappa shape index (κ1) is 15.3. The molecule has 3 rings (SSSR count). The van der Waals surface area contributed by atoms with Gasteiger partial charge in [-0.25, -0.2) is 0 Å². The number of allylic oxidation sites excluding steroid dienone is 1. The monoisotopic (exact) mass is 374 g/mol. The van der Waals surface area contributed by atoms with Crippen LogP contribution in [0.4, 0.5) is 0 Å². The molecule has 0 amide bonds. The molecular weight excluding hydrogens is 364 g/mol. The molecule has 2 aromatic carbocycles. The van der Waals surface area contributed by atoms with Gasteiger partial charge >= 0.3 is 0 Å². The summed E-state index contributed by atoms with van der Waals surface area (Å²) < 4.78 is 11.0. The normalized spacial score (nSPS) is 12.6. The molecule has 1 heterocycles. The maximum absolute atomic E-state index is 12.3. The summed E-state index contributed by atoms with van der Waals surface area (Å²) in [6.07, 6.45) is 2.87. The van der Waals surface area contributed by atoms with Gasteiger partial charge in [0.15, 0.2) is 23.0 Å². The molecule has 116 valence electrons. The highest BCUT2D eigenvalue weighted by Gasteiger charge is 2.13. The molecule has 0 spiro atoms. The van der Waals surface area contributed by atoms with Crippen molar-refractivity contribution in [2.75, 3.05) is 6.79 Å². The average Bonchev–Trinajstić information content (AvgIpc) is 2.97. The Morgan fingerprint density at radius 3 is 2.74 bits per heavy atom. The Balaban J connectivity index is 1.91. The lowest BCUT2D eigenvalue weighted by Crippen LogP contribution is -2.01. The Bertz CT molecular complexity index is 873. The second kappa shape index (κ2) is 6.26. The van der Waals surface area contributed by atoms with E-state index in [1.165, 1.54) is 24.3 Å². The Morgan fingerprint density at radius 1 is 1.13 bits per heavy atom. The lowest BCUT2D eigenvalue weighted by atomic mass is 10.1. The van der Waals surface area contributed by atoms with Crippen LogP contribution in [0.25, 0.3) is 6.08 Å². The number of halogens is 1. The van der Waals surface area contributed by atoms with Gasteiger partial charge in [-0.3, -0.25) is 9.59 Å². The molecule has 0 saturated heterocycles. The van der Waals surface area contributed by atoms with E-state index >= 15 is 0 Å². The summed E-state index contributed by atoms with van der Waals surface area (Å²) in [5, 5.41) is 9.85. The average molecular weight is 375 g/mol. The maximum Gasteiger partial charge on any atom is 0.231 e. The number of benzene rings is 1. The first-order chi connectivity index (χ1) is 11.0. The van der Waals surface area contributed by atoms with Crippen molar-refractivity contribution in [3.8, 4) is 17.2 Å². The van der Waals surface area contributed by atoms with Gasteiger partial charge < -0.3 is 14.6 Å². The summed E-state index contributed by atoms with van der Waals surface area (Å²) in [5.41, 5.74) is 0.0585.